The molecule has 0 unspecified atom stereocenters. The van der Waals surface area contributed by atoms with Crippen LogP contribution in [0.5, 0.6) is 17.2 Å². The van der Waals surface area contributed by atoms with E-state index in [9.17, 15) is 14.4 Å². The minimum Gasteiger partial charge on any atom is -0.494 e. The highest BCUT2D eigenvalue weighted by Gasteiger charge is 2.09. The van der Waals surface area contributed by atoms with Gasteiger partial charge >= 0.3 is 17.9 Å². The summed E-state index contributed by atoms with van der Waals surface area (Å²) in [6, 6.07) is 18.3. The smallest absolute Gasteiger partial charge is 0.338 e. The van der Waals surface area contributed by atoms with Crippen molar-refractivity contribution in [3.05, 3.63) is 83.9 Å². The average Bonchev–Trinajstić information content (AvgIpc) is 2.95. The first-order valence-corrected chi connectivity index (χ1v) is 13.6. The van der Waals surface area contributed by atoms with Crippen molar-refractivity contribution in [3.8, 4) is 17.2 Å². The largest absolute Gasteiger partial charge is 0.494 e. The Bertz CT molecular complexity index is 1300. The van der Waals surface area contributed by atoms with Gasteiger partial charge in [0, 0.05) is 23.9 Å². The molecule has 0 amide bonds. The van der Waals surface area contributed by atoms with Gasteiger partial charge in [-0.25, -0.2) is 9.59 Å². The van der Waals surface area contributed by atoms with Gasteiger partial charge in [-0.15, -0.1) is 0 Å². The van der Waals surface area contributed by atoms with E-state index in [1.807, 2.05) is 31.2 Å². The number of hydrogen-bond donors (Lipinski definition) is 2. The molecular formula is C32H36N2O7. The molecule has 0 radical (unpaired) electrons. The number of nitrogens with two attached hydrogens (primary N) is 2. The molecule has 3 rings (SSSR count). The Hall–Kier alpha value is -4.79. The zero-order valence-corrected chi connectivity index (χ0v) is 23.2. The summed E-state index contributed by atoms with van der Waals surface area (Å²) in [6.45, 7) is 2.83. The van der Waals surface area contributed by atoms with Crippen molar-refractivity contribution in [2.45, 2.75) is 45.4 Å². The molecule has 0 atom stereocenters. The van der Waals surface area contributed by atoms with Gasteiger partial charge < -0.3 is 30.4 Å². The molecule has 9 nitrogen and oxygen atoms in total. The number of unbranched alkanes of at least 4 members (excludes halogenated alkanes) is 3. The molecule has 0 aliphatic heterocycles. The summed E-state index contributed by atoms with van der Waals surface area (Å²) in [7, 11) is 0. The molecule has 9 heteroatoms. The van der Waals surface area contributed by atoms with Crippen molar-refractivity contribution < 1.29 is 33.3 Å². The lowest BCUT2D eigenvalue weighted by atomic mass is 10.2. The second-order valence-corrected chi connectivity index (χ2v) is 9.31. The summed E-state index contributed by atoms with van der Waals surface area (Å²) in [5.74, 6) is 0.214. The highest BCUT2D eigenvalue weighted by Crippen LogP contribution is 2.19. The fourth-order valence-electron chi connectivity index (χ4n) is 3.68. The first-order valence-electron chi connectivity index (χ1n) is 13.6. The number of carbonyl (C=O) groups is 3. The molecule has 0 fully saturated rings. The van der Waals surface area contributed by atoms with Gasteiger partial charge in [-0.3, -0.25) is 4.79 Å². The zero-order chi connectivity index (χ0) is 29.5. The first-order chi connectivity index (χ1) is 19.8. The first kappa shape index (κ1) is 30.7. The van der Waals surface area contributed by atoms with Crippen LogP contribution >= 0.6 is 0 Å². The SMILES string of the molecule is CCCCC(=O)Oc1ccc(OC(=O)C=Cc2ccc(OCCCCCOC(=O)c3cc(N)cc(N)c3)cc2)cc1. The van der Waals surface area contributed by atoms with Crippen LogP contribution in [0.1, 0.15) is 61.4 Å². The third kappa shape index (κ3) is 11.5. The summed E-state index contributed by atoms with van der Waals surface area (Å²) in [5, 5.41) is 0. The van der Waals surface area contributed by atoms with Crippen LogP contribution in [0.2, 0.25) is 0 Å². The number of hydrogen-bond acceptors (Lipinski definition) is 9. The van der Waals surface area contributed by atoms with E-state index in [4.69, 9.17) is 30.4 Å². The molecule has 41 heavy (non-hydrogen) atoms. The Labute approximate surface area is 240 Å². The van der Waals surface area contributed by atoms with Crippen LogP contribution in [0.25, 0.3) is 6.08 Å². The maximum absolute atomic E-state index is 12.2. The van der Waals surface area contributed by atoms with Crippen LogP contribution in [0.4, 0.5) is 11.4 Å². The van der Waals surface area contributed by atoms with E-state index in [1.165, 1.54) is 18.2 Å². The van der Waals surface area contributed by atoms with Gasteiger partial charge in [-0.05, 0) is 91.9 Å². The predicted octanol–water partition coefficient (Wildman–Crippen LogP) is 5.97. The number of carbonyl (C=O) groups excluding carboxylic acids is 3. The van der Waals surface area contributed by atoms with E-state index < -0.39 is 11.9 Å². The molecule has 0 saturated heterocycles. The van der Waals surface area contributed by atoms with Crippen LogP contribution in [0.3, 0.4) is 0 Å². The lowest BCUT2D eigenvalue weighted by Crippen LogP contribution is -2.08. The van der Waals surface area contributed by atoms with E-state index in [0.717, 1.165) is 31.2 Å². The molecular weight excluding hydrogens is 524 g/mol. The Balaban J connectivity index is 1.30. The molecule has 3 aromatic carbocycles. The maximum Gasteiger partial charge on any atom is 0.338 e. The molecule has 216 valence electrons. The van der Waals surface area contributed by atoms with Gasteiger partial charge in [0.1, 0.15) is 17.2 Å². The lowest BCUT2D eigenvalue weighted by molar-refractivity contribution is -0.134. The Morgan fingerprint density at radius 2 is 1.34 bits per heavy atom. The molecule has 0 spiro atoms. The Morgan fingerprint density at radius 1 is 0.732 bits per heavy atom. The molecule has 0 aliphatic rings. The molecule has 0 aromatic heterocycles. The summed E-state index contributed by atoms with van der Waals surface area (Å²) in [5.41, 5.74) is 13.4. The van der Waals surface area contributed by atoms with Crippen LogP contribution < -0.4 is 25.7 Å². The van der Waals surface area contributed by atoms with Crippen molar-refractivity contribution in [1.82, 2.24) is 0 Å². The van der Waals surface area contributed by atoms with Gasteiger partial charge in [0.05, 0.1) is 18.8 Å². The second-order valence-electron chi connectivity index (χ2n) is 9.31. The predicted molar refractivity (Wildman–Crippen MR) is 158 cm³/mol. The minimum absolute atomic E-state index is 0.284. The maximum atomic E-state index is 12.2. The number of benzene rings is 3. The van der Waals surface area contributed by atoms with Gasteiger partial charge in [0.25, 0.3) is 0 Å². The van der Waals surface area contributed by atoms with E-state index in [-0.39, 0.29) is 5.97 Å². The second kappa shape index (κ2) is 16.3. The Kier molecular flexibility index (Phi) is 12.3. The van der Waals surface area contributed by atoms with Crippen LogP contribution in [0, 0.1) is 0 Å². The fraction of sp³-hybridized carbons (Fsp3) is 0.281. The topological polar surface area (TPSA) is 140 Å². The lowest BCUT2D eigenvalue weighted by Gasteiger charge is -2.08. The van der Waals surface area contributed by atoms with E-state index in [0.29, 0.717) is 60.2 Å². The zero-order valence-electron chi connectivity index (χ0n) is 23.2. The Morgan fingerprint density at radius 3 is 2.00 bits per heavy atom. The number of anilines is 2. The average molecular weight is 561 g/mol. The number of esters is 3. The van der Waals surface area contributed by atoms with E-state index in [1.54, 1.807) is 36.4 Å². The fourth-order valence-corrected chi connectivity index (χ4v) is 3.68. The van der Waals surface area contributed by atoms with E-state index >= 15 is 0 Å². The van der Waals surface area contributed by atoms with Crippen LogP contribution in [-0.4, -0.2) is 31.1 Å². The van der Waals surface area contributed by atoms with E-state index in [2.05, 4.69) is 0 Å². The standard InChI is InChI=1S/C32H36N2O7/c1-2-3-7-30(35)40-28-13-15-29(16-14-28)41-31(36)17-10-23-8-11-27(12-9-23)38-18-5-4-6-19-39-32(37)24-20-25(33)22-26(34)21-24/h8-17,20-22H,2-7,18-19,33-34H2,1H3. The summed E-state index contributed by atoms with van der Waals surface area (Å²) >= 11 is 0. The molecule has 4 N–H and O–H groups in total. The third-order valence-corrected chi connectivity index (χ3v) is 5.80. The van der Waals surface area contributed by atoms with Crippen molar-refractivity contribution >= 4 is 35.4 Å². The molecule has 0 bridgehead atoms. The number of nitrogen functional groups attached to an aromatic ring is 2. The highest BCUT2D eigenvalue weighted by atomic mass is 16.5. The van der Waals surface area contributed by atoms with Crippen LogP contribution in [0.15, 0.2) is 72.8 Å². The molecule has 0 heterocycles. The van der Waals surface area contributed by atoms with Gasteiger partial charge in [0.15, 0.2) is 0 Å². The van der Waals surface area contributed by atoms with Crippen molar-refractivity contribution in [2.75, 3.05) is 24.7 Å². The quantitative estimate of drug-likeness (QED) is 0.0756. The monoisotopic (exact) mass is 560 g/mol. The highest BCUT2D eigenvalue weighted by molar-refractivity contribution is 5.91. The van der Waals surface area contributed by atoms with Gasteiger partial charge in [0.2, 0.25) is 0 Å². The number of ether oxygens (including phenoxy) is 4. The van der Waals surface area contributed by atoms with Crippen molar-refractivity contribution in [1.29, 1.82) is 0 Å². The van der Waals surface area contributed by atoms with Crippen molar-refractivity contribution in [3.63, 3.8) is 0 Å². The van der Waals surface area contributed by atoms with Gasteiger partial charge in [-0.1, -0.05) is 25.5 Å². The van der Waals surface area contributed by atoms with Gasteiger partial charge in [-0.2, -0.15) is 0 Å². The van der Waals surface area contributed by atoms with Crippen LogP contribution in [-0.2, 0) is 14.3 Å². The normalized spacial score (nSPS) is 10.8. The molecule has 3 aromatic rings. The molecule has 0 saturated carbocycles. The van der Waals surface area contributed by atoms with Crippen molar-refractivity contribution in [2.24, 2.45) is 0 Å². The summed E-state index contributed by atoms with van der Waals surface area (Å²) in [6.07, 6.45) is 7.41. The summed E-state index contributed by atoms with van der Waals surface area (Å²) in [4.78, 5) is 35.9. The molecule has 0 aliphatic carbocycles. The minimum atomic E-state index is -0.527. The third-order valence-electron chi connectivity index (χ3n) is 5.80. The summed E-state index contributed by atoms with van der Waals surface area (Å²) < 4.78 is 21.6. The number of rotatable bonds is 15.